The Morgan fingerprint density at radius 1 is 1.17 bits per heavy atom. The highest BCUT2D eigenvalue weighted by molar-refractivity contribution is 5.39. The van der Waals surface area contributed by atoms with Gasteiger partial charge in [0, 0.05) is 18.4 Å². The largest absolute Gasteiger partial charge is 0.366 e. The van der Waals surface area contributed by atoms with Crippen molar-refractivity contribution in [2.45, 2.75) is 26.3 Å². The zero-order valence-electron chi connectivity index (χ0n) is 10.5. The molecule has 1 aromatic carbocycles. The van der Waals surface area contributed by atoms with Crippen LogP contribution in [0.4, 0.5) is 10.2 Å². The summed E-state index contributed by atoms with van der Waals surface area (Å²) in [6, 6.07) is 6.78. The van der Waals surface area contributed by atoms with Crippen LogP contribution in [-0.4, -0.2) is 16.0 Å². The van der Waals surface area contributed by atoms with E-state index >= 15 is 0 Å². The standard InChI is InChI=1S/C14H16FN3/c1-10(9-12-3-5-13(15)6-4-12)18-14-11(2)16-7-8-17-14/h3-8,10H,9H2,1-2H3,(H,17,18). The predicted octanol–water partition coefficient (Wildman–Crippen LogP) is 2.97. The van der Waals surface area contributed by atoms with Crippen LogP contribution in [0.1, 0.15) is 18.2 Å². The summed E-state index contributed by atoms with van der Waals surface area (Å²) in [4.78, 5) is 8.42. The molecule has 0 fully saturated rings. The average Bonchev–Trinajstić information content (AvgIpc) is 2.35. The molecule has 1 unspecified atom stereocenters. The molecular weight excluding hydrogens is 229 g/mol. The second-order valence-electron chi connectivity index (χ2n) is 4.37. The molecule has 18 heavy (non-hydrogen) atoms. The lowest BCUT2D eigenvalue weighted by Gasteiger charge is -2.15. The first kappa shape index (κ1) is 12.5. The van der Waals surface area contributed by atoms with Gasteiger partial charge in [0.1, 0.15) is 11.6 Å². The summed E-state index contributed by atoms with van der Waals surface area (Å²) in [7, 11) is 0. The molecule has 0 spiro atoms. The van der Waals surface area contributed by atoms with E-state index in [1.54, 1.807) is 24.5 Å². The third-order valence-electron chi connectivity index (χ3n) is 2.72. The lowest BCUT2D eigenvalue weighted by Crippen LogP contribution is -2.19. The molecule has 0 aliphatic heterocycles. The van der Waals surface area contributed by atoms with Gasteiger partial charge in [0.05, 0.1) is 5.69 Å². The third-order valence-corrected chi connectivity index (χ3v) is 2.72. The SMILES string of the molecule is Cc1nccnc1NC(C)Cc1ccc(F)cc1. The van der Waals surface area contributed by atoms with Crippen molar-refractivity contribution in [3.05, 3.63) is 53.7 Å². The number of benzene rings is 1. The first-order valence-corrected chi connectivity index (χ1v) is 5.94. The van der Waals surface area contributed by atoms with Crippen molar-refractivity contribution in [3.8, 4) is 0 Å². The van der Waals surface area contributed by atoms with Gasteiger partial charge in [-0.05, 0) is 38.0 Å². The Hall–Kier alpha value is -1.97. The van der Waals surface area contributed by atoms with Crippen LogP contribution in [0.25, 0.3) is 0 Å². The first-order chi connectivity index (χ1) is 8.65. The van der Waals surface area contributed by atoms with Gasteiger partial charge in [-0.2, -0.15) is 0 Å². The maximum absolute atomic E-state index is 12.8. The molecule has 0 aliphatic carbocycles. The number of hydrogen-bond donors (Lipinski definition) is 1. The molecule has 0 aliphatic rings. The van der Waals surface area contributed by atoms with Crippen molar-refractivity contribution in [1.82, 2.24) is 9.97 Å². The fourth-order valence-corrected chi connectivity index (χ4v) is 1.81. The molecule has 0 radical (unpaired) electrons. The van der Waals surface area contributed by atoms with Crippen LogP contribution < -0.4 is 5.32 Å². The third kappa shape index (κ3) is 3.26. The molecule has 1 heterocycles. The van der Waals surface area contributed by atoms with Crippen molar-refractivity contribution >= 4 is 5.82 Å². The molecule has 0 saturated heterocycles. The maximum Gasteiger partial charge on any atom is 0.147 e. The lowest BCUT2D eigenvalue weighted by molar-refractivity contribution is 0.626. The summed E-state index contributed by atoms with van der Waals surface area (Å²) in [6.07, 6.45) is 4.15. The Morgan fingerprint density at radius 2 is 1.83 bits per heavy atom. The van der Waals surface area contributed by atoms with Crippen LogP contribution >= 0.6 is 0 Å². The fraction of sp³-hybridized carbons (Fsp3) is 0.286. The van der Waals surface area contributed by atoms with Gasteiger partial charge in [0.15, 0.2) is 0 Å². The molecule has 1 atom stereocenters. The van der Waals surface area contributed by atoms with E-state index in [2.05, 4.69) is 22.2 Å². The van der Waals surface area contributed by atoms with E-state index in [-0.39, 0.29) is 11.9 Å². The van der Waals surface area contributed by atoms with Crippen molar-refractivity contribution in [1.29, 1.82) is 0 Å². The number of nitrogens with zero attached hydrogens (tertiary/aromatic N) is 2. The Balaban J connectivity index is 1.99. The van der Waals surface area contributed by atoms with Gasteiger partial charge in [-0.3, -0.25) is 4.98 Å². The van der Waals surface area contributed by atoms with E-state index in [1.807, 2.05) is 6.92 Å². The molecule has 1 N–H and O–H groups in total. The normalized spacial score (nSPS) is 12.2. The zero-order chi connectivity index (χ0) is 13.0. The zero-order valence-corrected chi connectivity index (χ0v) is 10.5. The van der Waals surface area contributed by atoms with Crippen LogP contribution in [0, 0.1) is 12.7 Å². The maximum atomic E-state index is 12.8. The number of hydrogen-bond acceptors (Lipinski definition) is 3. The van der Waals surface area contributed by atoms with Crippen LogP contribution in [0.3, 0.4) is 0 Å². The van der Waals surface area contributed by atoms with Gasteiger partial charge in [-0.15, -0.1) is 0 Å². The molecule has 3 nitrogen and oxygen atoms in total. The lowest BCUT2D eigenvalue weighted by atomic mass is 10.1. The Labute approximate surface area is 106 Å². The van der Waals surface area contributed by atoms with E-state index in [0.717, 1.165) is 23.5 Å². The van der Waals surface area contributed by atoms with Crippen LogP contribution in [0.5, 0.6) is 0 Å². The Morgan fingerprint density at radius 3 is 2.50 bits per heavy atom. The van der Waals surface area contributed by atoms with Crippen LogP contribution in [-0.2, 0) is 6.42 Å². The average molecular weight is 245 g/mol. The van der Waals surface area contributed by atoms with E-state index in [9.17, 15) is 4.39 Å². The van der Waals surface area contributed by atoms with Crippen molar-refractivity contribution in [3.63, 3.8) is 0 Å². The predicted molar refractivity (Wildman–Crippen MR) is 70.0 cm³/mol. The fourth-order valence-electron chi connectivity index (χ4n) is 1.81. The summed E-state index contributed by atoms with van der Waals surface area (Å²) < 4.78 is 12.8. The summed E-state index contributed by atoms with van der Waals surface area (Å²) >= 11 is 0. The van der Waals surface area contributed by atoms with E-state index in [4.69, 9.17) is 0 Å². The molecule has 1 aromatic heterocycles. The monoisotopic (exact) mass is 245 g/mol. The topological polar surface area (TPSA) is 37.8 Å². The smallest absolute Gasteiger partial charge is 0.147 e. The number of aromatic nitrogens is 2. The summed E-state index contributed by atoms with van der Waals surface area (Å²) in [5.74, 6) is 0.594. The van der Waals surface area contributed by atoms with E-state index in [1.165, 1.54) is 12.1 Å². The number of nitrogens with one attached hydrogen (secondary N) is 1. The van der Waals surface area contributed by atoms with Crippen molar-refractivity contribution in [2.75, 3.05) is 5.32 Å². The summed E-state index contributed by atoms with van der Waals surface area (Å²) in [5.41, 5.74) is 1.97. The second-order valence-corrected chi connectivity index (χ2v) is 4.37. The molecule has 4 heteroatoms. The second kappa shape index (κ2) is 5.58. The highest BCUT2D eigenvalue weighted by atomic mass is 19.1. The van der Waals surface area contributed by atoms with Crippen molar-refractivity contribution in [2.24, 2.45) is 0 Å². The number of rotatable bonds is 4. The number of halogens is 1. The van der Waals surface area contributed by atoms with Crippen molar-refractivity contribution < 1.29 is 4.39 Å². The minimum atomic E-state index is -0.205. The summed E-state index contributed by atoms with van der Waals surface area (Å²) in [6.45, 7) is 3.98. The van der Waals surface area contributed by atoms with Gasteiger partial charge >= 0.3 is 0 Å². The molecule has 94 valence electrons. The van der Waals surface area contributed by atoms with Gasteiger partial charge in [-0.1, -0.05) is 12.1 Å². The summed E-state index contributed by atoms with van der Waals surface area (Å²) in [5, 5.41) is 3.31. The van der Waals surface area contributed by atoms with Crippen LogP contribution in [0.15, 0.2) is 36.7 Å². The molecular formula is C14H16FN3. The Kier molecular flexibility index (Phi) is 3.87. The van der Waals surface area contributed by atoms with Gasteiger partial charge in [0.2, 0.25) is 0 Å². The van der Waals surface area contributed by atoms with E-state index in [0.29, 0.717) is 0 Å². The van der Waals surface area contributed by atoms with E-state index < -0.39 is 0 Å². The highest BCUT2D eigenvalue weighted by Gasteiger charge is 2.06. The molecule has 0 amide bonds. The minimum absolute atomic E-state index is 0.205. The molecule has 2 aromatic rings. The van der Waals surface area contributed by atoms with Crippen LogP contribution in [0.2, 0.25) is 0 Å². The molecule has 2 rings (SSSR count). The van der Waals surface area contributed by atoms with Gasteiger partial charge in [0.25, 0.3) is 0 Å². The number of anilines is 1. The Bertz CT molecular complexity index is 511. The highest BCUT2D eigenvalue weighted by Crippen LogP contribution is 2.11. The quantitative estimate of drug-likeness (QED) is 0.899. The number of aryl methyl sites for hydroxylation is 1. The van der Waals surface area contributed by atoms with Gasteiger partial charge in [-0.25, -0.2) is 9.37 Å². The molecule has 0 saturated carbocycles. The first-order valence-electron chi connectivity index (χ1n) is 5.94. The minimum Gasteiger partial charge on any atom is -0.366 e. The van der Waals surface area contributed by atoms with Gasteiger partial charge < -0.3 is 5.32 Å². The molecule has 0 bridgehead atoms.